The van der Waals surface area contributed by atoms with E-state index in [-0.39, 0.29) is 0 Å². The molecule has 0 bridgehead atoms. The van der Waals surface area contributed by atoms with Gasteiger partial charge in [0.1, 0.15) is 0 Å². The fourth-order valence-corrected chi connectivity index (χ4v) is 1.93. The first kappa shape index (κ1) is 8.70. The molecule has 1 aromatic rings. The summed E-state index contributed by atoms with van der Waals surface area (Å²) in [6, 6.07) is 7.83. The van der Waals surface area contributed by atoms with Gasteiger partial charge >= 0.3 is 7.15 Å². The van der Waals surface area contributed by atoms with Crippen molar-refractivity contribution < 1.29 is 4.57 Å². The van der Waals surface area contributed by atoms with Crippen LogP contribution in [0.3, 0.4) is 0 Å². The van der Waals surface area contributed by atoms with Crippen LogP contribution in [0, 0.1) is 6.92 Å². The summed E-state index contributed by atoms with van der Waals surface area (Å²) in [5.41, 5.74) is 2.22. The molecule has 58 valence electrons. The molecular formula is C8H9ClOP+. The Kier molecular flexibility index (Phi) is 3.04. The zero-order chi connectivity index (χ0) is 8.27. The quantitative estimate of drug-likeness (QED) is 0.648. The molecule has 0 heterocycles. The van der Waals surface area contributed by atoms with Crippen molar-refractivity contribution in [2.45, 2.75) is 13.1 Å². The zero-order valence-electron chi connectivity index (χ0n) is 6.25. The second-order valence-corrected chi connectivity index (χ2v) is 4.48. The van der Waals surface area contributed by atoms with Crippen molar-refractivity contribution in [1.82, 2.24) is 0 Å². The minimum atomic E-state index is -1.57. The molecule has 0 radical (unpaired) electrons. The summed E-state index contributed by atoms with van der Waals surface area (Å²) in [6.45, 7) is 1.99. The zero-order valence-corrected chi connectivity index (χ0v) is 7.90. The highest BCUT2D eigenvalue weighted by atomic mass is 35.7. The SMILES string of the molecule is Cc1ccccc1C[P+](=O)Cl. The Labute approximate surface area is 72.0 Å². The van der Waals surface area contributed by atoms with Crippen molar-refractivity contribution in [2.24, 2.45) is 0 Å². The summed E-state index contributed by atoms with van der Waals surface area (Å²) in [5.74, 6) is 0. The third kappa shape index (κ3) is 2.61. The molecule has 0 fully saturated rings. The number of halogens is 1. The molecular weight excluding hydrogens is 179 g/mol. The Morgan fingerprint density at radius 3 is 2.64 bits per heavy atom. The summed E-state index contributed by atoms with van der Waals surface area (Å²) < 4.78 is 10.7. The monoisotopic (exact) mass is 187 g/mol. The lowest BCUT2D eigenvalue weighted by atomic mass is 10.1. The van der Waals surface area contributed by atoms with Crippen LogP contribution in [0.2, 0.25) is 0 Å². The van der Waals surface area contributed by atoms with E-state index in [0.717, 1.165) is 11.1 Å². The summed E-state index contributed by atoms with van der Waals surface area (Å²) in [5, 5.41) is 0. The standard InChI is InChI=1S/C8H9ClOP/c1-7-4-2-3-5-8(7)6-11(9)10/h2-5H,6H2,1H3/q+1. The summed E-state index contributed by atoms with van der Waals surface area (Å²) in [6.07, 6.45) is 0.476. The molecule has 0 aromatic heterocycles. The molecule has 0 aliphatic carbocycles. The Bertz CT molecular complexity index is 273. The van der Waals surface area contributed by atoms with Crippen LogP contribution >= 0.6 is 18.4 Å². The van der Waals surface area contributed by atoms with Gasteiger partial charge in [-0.3, -0.25) is 0 Å². The van der Waals surface area contributed by atoms with E-state index in [1.54, 1.807) is 0 Å². The third-order valence-electron chi connectivity index (χ3n) is 1.56. The first-order valence-corrected chi connectivity index (χ1v) is 5.70. The van der Waals surface area contributed by atoms with E-state index < -0.39 is 7.15 Å². The van der Waals surface area contributed by atoms with Crippen molar-refractivity contribution >= 4 is 18.4 Å². The van der Waals surface area contributed by atoms with E-state index >= 15 is 0 Å². The molecule has 1 aromatic carbocycles. The van der Waals surface area contributed by atoms with E-state index in [1.165, 1.54) is 0 Å². The minimum Gasteiger partial charge on any atom is -0.0620 e. The van der Waals surface area contributed by atoms with Crippen LogP contribution in [-0.4, -0.2) is 0 Å². The van der Waals surface area contributed by atoms with Crippen LogP contribution in [-0.2, 0) is 10.7 Å². The molecule has 3 heteroatoms. The predicted octanol–water partition coefficient (Wildman–Crippen LogP) is 3.48. The van der Waals surface area contributed by atoms with E-state index in [4.69, 9.17) is 11.2 Å². The Morgan fingerprint density at radius 2 is 2.09 bits per heavy atom. The fraction of sp³-hybridized carbons (Fsp3) is 0.250. The maximum atomic E-state index is 10.7. The van der Waals surface area contributed by atoms with Crippen LogP contribution in [0.15, 0.2) is 24.3 Å². The minimum absolute atomic E-state index is 0.476. The second-order valence-electron chi connectivity index (χ2n) is 2.40. The predicted molar refractivity (Wildman–Crippen MR) is 48.3 cm³/mol. The summed E-state index contributed by atoms with van der Waals surface area (Å²) >= 11 is 5.39. The average molecular weight is 188 g/mol. The summed E-state index contributed by atoms with van der Waals surface area (Å²) in [7, 11) is -1.57. The highest BCUT2D eigenvalue weighted by Crippen LogP contribution is 2.32. The van der Waals surface area contributed by atoms with Crippen molar-refractivity contribution in [3.63, 3.8) is 0 Å². The lowest BCUT2D eigenvalue weighted by molar-refractivity contribution is 0.595. The number of rotatable bonds is 2. The molecule has 0 aliphatic heterocycles. The lowest BCUT2D eigenvalue weighted by Gasteiger charge is -1.95. The smallest absolute Gasteiger partial charge is 0.0620 e. The largest absolute Gasteiger partial charge is 0.459 e. The lowest BCUT2D eigenvalue weighted by Crippen LogP contribution is -1.82. The number of benzene rings is 1. The van der Waals surface area contributed by atoms with Gasteiger partial charge < -0.3 is 0 Å². The van der Waals surface area contributed by atoms with Crippen molar-refractivity contribution in [1.29, 1.82) is 0 Å². The molecule has 0 aliphatic rings. The van der Waals surface area contributed by atoms with Gasteiger partial charge in [0.15, 0.2) is 6.16 Å². The molecule has 1 nitrogen and oxygen atoms in total. The van der Waals surface area contributed by atoms with E-state index in [9.17, 15) is 4.57 Å². The highest BCUT2D eigenvalue weighted by Gasteiger charge is 2.12. The van der Waals surface area contributed by atoms with E-state index in [2.05, 4.69) is 0 Å². The fourth-order valence-electron chi connectivity index (χ4n) is 0.921. The van der Waals surface area contributed by atoms with Crippen LogP contribution < -0.4 is 0 Å². The highest BCUT2D eigenvalue weighted by molar-refractivity contribution is 7.73. The van der Waals surface area contributed by atoms with Crippen LogP contribution in [0.25, 0.3) is 0 Å². The van der Waals surface area contributed by atoms with Gasteiger partial charge in [-0.1, -0.05) is 28.8 Å². The van der Waals surface area contributed by atoms with E-state index in [1.807, 2.05) is 31.2 Å². The van der Waals surface area contributed by atoms with Gasteiger partial charge in [0.05, 0.1) is 0 Å². The molecule has 0 spiro atoms. The maximum Gasteiger partial charge on any atom is 0.459 e. The van der Waals surface area contributed by atoms with Crippen LogP contribution in [0.1, 0.15) is 11.1 Å². The molecule has 0 N–H and O–H groups in total. The average Bonchev–Trinajstić information content (AvgIpc) is 1.93. The first-order chi connectivity index (χ1) is 5.20. The summed E-state index contributed by atoms with van der Waals surface area (Å²) in [4.78, 5) is 0. The Morgan fingerprint density at radius 1 is 1.45 bits per heavy atom. The van der Waals surface area contributed by atoms with E-state index in [0.29, 0.717) is 6.16 Å². The van der Waals surface area contributed by atoms with Gasteiger partial charge in [-0.2, -0.15) is 0 Å². The van der Waals surface area contributed by atoms with Gasteiger partial charge in [0.25, 0.3) is 0 Å². The van der Waals surface area contributed by atoms with Crippen molar-refractivity contribution in [3.8, 4) is 0 Å². The van der Waals surface area contributed by atoms with Crippen LogP contribution in [0.5, 0.6) is 0 Å². The maximum absolute atomic E-state index is 10.7. The van der Waals surface area contributed by atoms with Crippen molar-refractivity contribution in [3.05, 3.63) is 35.4 Å². The van der Waals surface area contributed by atoms with Gasteiger partial charge in [-0.25, -0.2) is 0 Å². The molecule has 1 atom stereocenters. The van der Waals surface area contributed by atoms with Gasteiger partial charge in [-0.15, -0.1) is 0 Å². The molecule has 1 unspecified atom stereocenters. The van der Waals surface area contributed by atoms with Gasteiger partial charge in [0.2, 0.25) is 11.2 Å². The number of hydrogen-bond donors (Lipinski definition) is 0. The molecule has 11 heavy (non-hydrogen) atoms. The third-order valence-corrected chi connectivity index (χ3v) is 2.50. The topological polar surface area (TPSA) is 17.1 Å². The number of hydrogen-bond acceptors (Lipinski definition) is 1. The Balaban J connectivity index is 2.86. The molecule has 0 saturated heterocycles. The number of aryl methyl sites for hydroxylation is 1. The van der Waals surface area contributed by atoms with Crippen molar-refractivity contribution in [2.75, 3.05) is 0 Å². The molecule has 0 saturated carbocycles. The van der Waals surface area contributed by atoms with Crippen LogP contribution in [0.4, 0.5) is 0 Å². The normalized spacial score (nSPS) is 11.3. The first-order valence-electron chi connectivity index (χ1n) is 3.35. The Hall–Kier alpha value is -0.390. The second kappa shape index (κ2) is 3.85. The van der Waals surface area contributed by atoms with Gasteiger partial charge in [0, 0.05) is 5.56 Å². The molecule has 0 amide bonds. The van der Waals surface area contributed by atoms with Gasteiger partial charge in [-0.05, 0) is 12.5 Å². The molecule has 1 rings (SSSR count).